The second kappa shape index (κ2) is 11.8. The maximum Gasteiger partial charge on any atom is 0.267 e. The number of ether oxygens (including phenoxy) is 2. The van der Waals surface area contributed by atoms with E-state index in [4.69, 9.17) is 33.3 Å². The molecule has 0 aliphatic carbocycles. The van der Waals surface area contributed by atoms with Crippen LogP contribution in [-0.4, -0.2) is 75.6 Å². The summed E-state index contributed by atoms with van der Waals surface area (Å²) in [7, 11) is 0. The molecule has 2 aromatic carbocycles. The molecule has 1 unspecified atom stereocenters. The average Bonchev–Trinajstić information content (AvgIpc) is 2.93. The highest BCUT2D eigenvalue weighted by atomic mass is 35.5. The van der Waals surface area contributed by atoms with Gasteiger partial charge in [-0.3, -0.25) is 10.1 Å². The summed E-state index contributed by atoms with van der Waals surface area (Å²) in [5.41, 5.74) is 2.31. The zero-order valence-corrected chi connectivity index (χ0v) is 23.1. The highest BCUT2D eigenvalue weighted by Gasteiger charge is 2.33. The SMILES string of the molecule is Cc1cc(C)nc(N/C(=N/C(=S)Nc2ccccc2Cl)N2CCN(C(=O)C3COc4ccccc4O3)CC2)n1. The molecular weight excluding hydrogens is 538 g/mol. The Hall–Kier alpha value is -3.96. The summed E-state index contributed by atoms with van der Waals surface area (Å²) >= 11 is 11.8. The van der Waals surface area contributed by atoms with Crippen LogP contribution in [0.4, 0.5) is 11.6 Å². The van der Waals surface area contributed by atoms with E-state index < -0.39 is 6.10 Å². The number of fused-ring (bicyclic) bond motifs is 1. The number of nitrogens with one attached hydrogen (secondary N) is 2. The summed E-state index contributed by atoms with van der Waals surface area (Å²) in [6.07, 6.45) is -0.686. The first-order valence-electron chi connectivity index (χ1n) is 12.5. The lowest BCUT2D eigenvalue weighted by atomic mass is 10.2. The van der Waals surface area contributed by atoms with Crippen LogP contribution in [0.15, 0.2) is 59.6 Å². The van der Waals surface area contributed by atoms with E-state index in [0.717, 1.165) is 11.4 Å². The minimum atomic E-state index is -0.686. The van der Waals surface area contributed by atoms with Gasteiger partial charge < -0.3 is 24.6 Å². The summed E-state index contributed by atoms with van der Waals surface area (Å²) in [5, 5.41) is 7.06. The van der Waals surface area contributed by atoms with Gasteiger partial charge in [0.05, 0.1) is 10.7 Å². The van der Waals surface area contributed by atoms with E-state index in [1.807, 2.05) is 61.2 Å². The Morgan fingerprint density at radius 1 is 0.974 bits per heavy atom. The fourth-order valence-corrected chi connectivity index (χ4v) is 4.72. The standard InChI is InChI=1S/C27H28ClN7O3S/c1-17-15-18(2)30-25(29-17)32-26(33-27(39)31-20-8-4-3-7-19(20)28)35-13-11-34(12-14-35)24(36)23-16-37-21-9-5-6-10-22(21)38-23/h3-10,15,23H,11-14,16H2,1-2H3,(H2,29,30,31,32,33,39). The fraction of sp³-hybridized carbons (Fsp3) is 0.296. The largest absolute Gasteiger partial charge is 0.485 e. The summed E-state index contributed by atoms with van der Waals surface area (Å²) in [6.45, 7) is 5.96. The second-order valence-electron chi connectivity index (χ2n) is 9.12. The van der Waals surface area contributed by atoms with Crippen molar-refractivity contribution < 1.29 is 14.3 Å². The fourth-order valence-electron chi connectivity index (χ4n) is 4.34. The van der Waals surface area contributed by atoms with Crippen LogP contribution in [0.2, 0.25) is 5.02 Å². The van der Waals surface area contributed by atoms with Crippen molar-refractivity contribution in [3.8, 4) is 11.5 Å². The molecule has 2 aliphatic heterocycles. The molecule has 3 aromatic rings. The van der Waals surface area contributed by atoms with Crippen LogP contribution in [-0.2, 0) is 4.79 Å². The molecule has 2 N–H and O–H groups in total. The van der Waals surface area contributed by atoms with Gasteiger partial charge in [-0.2, -0.15) is 4.99 Å². The highest BCUT2D eigenvalue weighted by Crippen LogP contribution is 2.31. The first-order chi connectivity index (χ1) is 18.9. The van der Waals surface area contributed by atoms with E-state index in [1.165, 1.54) is 0 Å². The molecule has 0 radical (unpaired) electrons. The van der Waals surface area contributed by atoms with Gasteiger partial charge in [0.1, 0.15) is 6.61 Å². The Bertz CT molecular complexity index is 1390. The Labute approximate surface area is 237 Å². The van der Waals surface area contributed by atoms with Gasteiger partial charge >= 0.3 is 0 Å². The molecular formula is C27H28ClN7O3S. The van der Waals surface area contributed by atoms with Crippen LogP contribution in [0.3, 0.4) is 0 Å². The van der Waals surface area contributed by atoms with Crippen LogP contribution in [0.25, 0.3) is 0 Å². The number of carbonyl (C=O) groups excluding carboxylic acids is 1. The topological polar surface area (TPSA) is 104 Å². The van der Waals surface area contributed by atoms with Crippen LogP contribution >= 0.6 is 23.8 Å². The number of piperazine rings is 1. The van der Waals surface area contributed by atoms with Gasteiger partial charge in [0.2, 0.25) is 23.1 Å². The smallest absolute Gasteiger partial charge is 0.267 e. The molecule has 0 saturated carbocycles. The van der Waals surface area contributed by atoms with Crippen molar-refractivity contribution in [2.45, 2.75) is 20.0 Å². The highest BCUT2D eigenvalue weighted by molar-refractivity contribution is 7.80. The zero-order valence-electron chi connectivity index (χ0n) is 21.6. The molecule has 3 heterocycles. The molecule has 12 heteroatoms. The number of halogens is 1. The summed E-state index contributed by atoms with van der Waals surface area (Å²) in [5.74, 6) is 2.00. The molecule has 1 amide bonds. The molecule has 202 valence electrons. The third-order valence-corrected chi connectivity index (χ3v) is 6.73. The van der Waals surface area contributed by atoms with Crippen molar-refractivity contribution in [1.82, 2.24) is 19.8 Å². The summed E-state index contributed by atoms with van der Waals surface area (Å²) < 4.78 is 11.7. The minimum absolute atomic E-state index is 0.107. The monoisotopic (exact) mass is 565 g/mol. The minimum Gasteiger partial charge on any atom is -0.485 e. The van der Waals surface area contributed by atoms with Crippen LogP contribution in [0, 0.1) is 13.8 Å². The second-order valence-corrected chi connectivity index (χ2v) is 9.92. The van der Waals surface area contributed by atoms with Gasteiger partial charge in [0.25, 0.3) is 5.91 Å². The first kappa shape index (κ1) is 26.6. The van der Waals surface area contributed by atoms with Gasteiger partial charge in [-0.1, -0.05) is 35.9 Å². The number of rotatable bonds is 3. The van der Waals surface area contributed by atoms with Gasteiger partial charge in [-0.25, -0.2) is 9.97 Å². The number of aryl methyl sites for hydroxylation is 2. The lowest BCUT2D eigenvalue weighted by Gasteiger charge is -2.38. The van der Waals surface area contributed by atoms with E-state index in [-0.39, 0.29) is 17.6 Å². The number of carbonyl (C=O) groups is 1. The molecule has 39 heavy (non-hydrogen) atoms. The van der Waals surface area contributed by atoms with Crippen LogP contribution in [0.1, 0.15) is 11.4 Å². The van der Waals surface area contributed by atoms with Crippen molar-refractivity contribution in [3.05, 3.63) is 71.0 Å². The third-order valence-electron chi connectivity index (χ3n) is 6.20. The Kier molecular flexibility index (Phi) is 8.08. The number of para-hydroxylation sites is 3. The Balaban J connectivity index is 1.29. The van der Waals surface area contributed by atoms with E-state index in [1.54, 1.807) is 17.0 Å². The van der Waals surface area contributed by atoms with E-state index in [0.29, 0.717) is 60.3 Å². The molecule has 0 spiro atoms. The zero-order chi connectivity index (χ0) is 27.4. The molecule has 1 fully saturated rings. The third kappa shape index (κ3) is 6.55. The van der Waals surface area contributed by atoms with Crippen molar-refractivity contribution in [1.29, 1.82) is 0 Å². The molecule has 1 saturated heterocycles. The first-order valence-corrected chi connectivity index (χ1v) is 13.3. The summed E-state index contributed by atoms with van der Waals surface area (Å²) in [4.78, 5) is 30.6. The van der Waals surface area contributed by atoms with Gasteiger partial charge in [0, 0.05) is 37.6 Å². The number of hydrogen-bond acceptors (Lipinski definition) is 6. The number of aromatic nitrogens is 2. The molecule has 1 atom stereocenters. The van der Waals surface area contributed by atoms with Crippen molar-refractivity contribution in [2.24, 2.45) is 4.99 Å². The van der Waals surface area contributed by atoms with Crippen molar-refractivity contribution in [2.75, 3.05) is 43.4 Å². The lowest BCUT2D eigenvalue weighted by Crippen LogP contribution is -2.56. The predicted molar refractivity (Wildman–Crippen MR) is 155 cm³/mol. The van der Waals surface area contributed by atoms with E-state index in [9.17, 15) is 4.79 Å². The van der Waals surface area contributed by atoms with Crippen molar-refractivity contribution >= 4 is 52.4 Å². The number of nitrogens with zero attached hydrogens (tertiary/aromatic N) is 5. The van der Waals surface area contributed by atoms with Gasteiger partial charge in [0.15, 0.2) is 11.5 Å². The number of benzene rings is 2. The molecule has 5 rings (SSSR count). The Morgan fingerprint density at radius 3 is 2.33 bits per heavy atom. The maximum atomic E-state index is 13.2. The molecule has 10 nitrogen and oxygen atoms in total. The number of amides is 1. The number of hydrogen-bond donors (Lipinski definition) is 2. The van der Waals surface area contributed by atoms with Crippen molar-refractivity contribution in [3.63, 3.8) is 0 Å². The molecule has 2 aliphatic rings. The quantitative estimate of drug-likeness (QED) is 0.278. The normalized spacial score (nSPS) is 17.0. The lowest BCUT2D eigenvalue weighted by molar-refractivity contribution is -0.142. The average molecular weight is 566 g/mol. The van der Waals surface area contributed by atoms with E-state index >= 15 is 0 Å². The molecule has 0 bridgehead atoms. The van der Waals surface area contributed by atoms with Gasteiger partial charge in [-0.15, -0.1) is 0 Å². The molecule has 1 aromatic heterocycles. The van der Waals surface area contributed by atoms with Crippen LogP contribution < -0.4 is 20.1 Å². The summed E-state index contributed by atoms with van der Waals surface area (Å²) in [6, 6.07) is 16.5. The maximum absolute atomic E-state index is 13.2. The number of aliphatic imine (C=N–C) groups is 1. The Morgan fingerprint density at radius 2 is 1.62 bits per heavy atom. The number of guanidine groups is 1. The van der Waals surface area contributed by atoms with Gasteiger partial charge in [-0.05, 0) is 56.4 Å². The number of thiocarbonyl (C=S) groups is 1. The van der Waals surface area contributed by atoms with Crippen LogP contribution in [0.5, 0.6) is 11.5 Å². The predicted octanol–water partition coefficient (Wildman–Crippen LogP) is 3.90. The van der Waals surface area contributed by atoms with E-state index in [2.05, 4.69) is 25.6 Å². The number of anilines is 2.